The van der Waals surface area contributed by atoms with Crippen LogP contribution in [0.1, 0.15) is 32.3 Å². The average molecular weight is 267 g/mol. The SMILES string of the molecule is CC(C)(C(=O)O)C1CCCN(Cc2ccsc2)C1. The van der Waals surface area contributed by atoms with Crippen molar-refractivity contribution in [3.63, 3.8) is 0 Å². The van der Waals surface area contributed by atoms with Gasteiger partial charge in [0.05, 0.1) is 5.41 Å². The second kappa shape index (κ2) is 5.41. The summed E-state index contributed by atoms with van der Waals surface area (Å²) in [6, 6.07) is 2.15. The first-order valence-electron chi connectivity index (χ1n) is 6.47. The van der Waals surface area contributed by atoms with Crippen molar-refractivity contribution in [1.29, 1.82) is 0 Å². The van der Waals surface area contributed by atoms with E-state index in [0.29, 0.717) is 0 Å². The van der Waals surface area contributed by atoms with E-state index in [1.54, 1.807) is 11.3 Å². The monoisotopic (exact) mass is 267 g/mol. The fraction of sp³-hybridized carbons (Fsp3) is 0.643. The second-order valence-corrected chi connectivity index (χ2v) is 6.51. The molecule has 0 spiro atoms. The first-order chi connectivity index (χ1) is 8.50. The van der Waals surface area contributed by atoms with Crippen LogP contribution < -0.4 is 0 Å². The van der Waals surface area contributed by atoms with Crippen molar-refractivity contribution < 1.29 is 9.90 Å². The Kier molecular flexibility index (Phi) is 4.07. The zero-order chi connectivity index (χ0) is 13.2. The lowest BCUT2D eigenvalue weighted by molar-refractivity contribution is -0.151. The Morgan fingerprint density at radius 3 is 3.00 bits per heavy atom. The molecule has 1 N–H and O–H groups in total. The van der Waals surface area contributed by atoms with Gasteiger partial charge in [-0.1, -0.05) is 0 Å². The molecule has 1 fully saturated rings. The maximum Gasteiger partial charge on any atom is 0.309 e. The Labute approximate surface area is 112 Å². The van der Waals surface area contributed by atoms with E-state index in [0.717, 1.165) is 32.5 Å². The normalized spacial score (nSPS) is 22.0. The van der Waals surface area contributed by atoms with Crippen LogP contribution in [-0.4, -0.2) is 29.1 Å². The molecule has 2 rings (SSSR count). The van der Waals surface area contributed by atoms with Gasteiger partial charge in [-0.15, -0.1) is 0 Å². The van der Waals surface area contributed by atoms with E-state index in [4.69, 9.17) is 0 Å². The number of hydrogen-bond acceptors (Lipinski definition) is 3. The Balaban J connectivity index is 1.98. The number of hydrogen-bond donors (Lipinski definition) is 1. The van der Waals surface area contributed by atoms with Crippen molar-refractivity contribution in [2.45, 2.75) is 33.2 Å². The minimum atomic E-state index is -0.676. The van der Waals surface area contributed by atoms with E-state index in [1.165, 1.54) is 5.56 Å². The minimum absolute atomic E-state index is 0.252. The van der Waals surface area contributed by atoms with Crippen molar-refractivity contribution in [3.8, 4) is 0 Å². The highest BCUT2D eigenvalue weighted by molar-refractivity contribution is 7.07. The molecule has 1 aromatic rings. The van der Waals surface area contributed by atoms with Crippen LogP contribution >= 0.6 is 11.3 Å². The molecule has 0 bridgehead atoms. The van der Waals surface area contributed by atoms with Crippen molar-refractivity contribution in [2.24, 2.45) is 11.3 Å². The van der Waals surface area contributed by atoms with Gasteiger partial charge in [0.25, 0.3) is 0 Å². The van der Waals surface area contributed by atoms with Crippen LogP contribution in [0.5, 0.6) is 0 Å². The average Bonchev–Trinajstić information content (AvgIpc) is 2.82. The van der Waals surface area contributed by atoms with Gasteiger partial charge in [-0.05, 0) is 61.5 Å². The molecule has 0 radical (unpaired) electrons. The number of thiophene rings is 1. The van der Waals surface area contributed by atoms with Crippen LogP contribution in [0.2, 0.25) is 0 Å². The number of likely N-dealkylation sites (tertiary alicyclic amines) is 1. The predicted molar refractivity (Wildman–Crippen MR) is 73.7 cm³/mol. The number of nitrogens with zero attached hydrogens (tertiary/aromatic N) is 1. The smallest absolute Gasteiger partial charge is 0.309 e. The maximum atomic E-state index is 11.3. The molecule has 18 heavy (non-hydrogen) atoms. The van der Waals surface area contributed by atoms with E-state index < -0.39 is 11.4 Å². The van der Waals surface area contributed by atoms with Crippen LogP contribution in [0, 0.1) is 11.3 Å². The molecule has 2 heterocycles. The Bertz CT molecular complexity index is 400. The van der Waals surface area contributed by atoms with Gasteiger partial charge in [0.15, 0.2) is 0 Å². The van der Waals surface area contributed by atoms with Crippen LogP contribution in [0.4, 0.5) is 0 Å². The van der Waals surface area contributed by atoms with Crippen molar-refractivity contribution in [1.82, 2.24) is 4.90 Å². The molecular weight excluding hydrogens is 246 g/mol. The van der Waals surface area contributed by atoms with Gasteiger partial charge in [-0.3, -0.25) is 9.69 Å². The Morgan fingerprint density at radius 1 is 1.61 bits per heavy atom. The van der Waals surface area contributed by atoms with Crippen LogP contribution in [-0.2, 0) is 11.3 Å². The molecule has 0 saturated carbocycles. The molecule has 1 aliphatic rings. The second-order valence-electron chi connectivity index (χ2n) is 5.73. The highest BCUT2D eigenvalue weighted by Gasteiger charge is 2.38. The third kappa shape index (κ3) is 2.93. The lowest BCUT2D eigenvalue weighted by Crippen LogP contribution is -2.44. The van der Waals surface area contributed by atoms with E-state index in [2.05, 4.69) is 21.7 Å². The summed E-state index contributed by atoms with van der Waals surface area (Å²) in [5, 5.41) is 13.6. The summed E-state index contributed by atoms with van der Waals surface area (Å²) in [5.74, 6) is -0.424. The number of rotatable bonds is 4. The van der Waals surface area contributed by atoms with E-state index in [1.807, 2.05) is 13.8 Å². The number of carbonyl (C=O) groups is 1. The molecule has 4 heteroatoms. The molecule has 3 nitrogen and oxygen atoms in total. The quantitative estimate of drug-likeness (QED) is 0.911. The van der Waals surface area contributed by atoms with Crippen molar-refractivity contribution in [3.05, 3.63) is 22.4 Å². The van der Waals surface area contributed by atoms with Crippen LogP contribution in [0.3, 0.4) is 0 Å². The van der Waals surface area contributed by atoms with Gasteiger partial charge in [-0.25, -0.2) is 0 Å². The topological polar surface area (TPSA) is 40.5 Å². The lowest BCUT2D eigenvalue weighted by atomic mass is 9.74. The maximum absolute atomic E-state index is 11.3. The Hall–Kier alpha value is -0.870. The molecular formula is C14H21NO2S. The van der Waals surface area contributed by atoms with Crippen molar-refractivity contribution >= 4 is 17.3 Å². The molecule has 1 atom stereocenters. The summed E-state index contributed by atoms with van der Waals surface area (Å²) in [6.45, 7) is 6.65. The molecule has 0 aromatic carbocycles. The first kappa shape index (κ1) is 13.6. The standard InChI is InChI=1S/C14H21NO2S/c1-14(2,13(16)17)12-4-3-6-15(9-12)8-11-5-7-18-10-11/h5,7,10,12H,3-4,6,8-9H2,1-2H3,(H,16,17). The molecule has 1 unspecified atom stereocenters. The zero-order valence-electron chi connectivity index (χ0n) is 11.1. The molecule has 1 saturated heterocycles. The molecule has 1 aliphatic heterocycles. The number of carboxylic acid groups (broad SMARTS) is 1. The van der Waals surface area contributed by atoms with Gasteiger partial charge < -0.3 is 5.11 Å². The third-order valence-corrected chi connectivity index (χ3v) is 4.80. The fourth-order valence-corrected chi connectivity index (χ4v) is 3.26. The van der Waals surface area contributed by atoms with E-state index in [-0.39, 0.29) is 5.92 Å². The summed E-state index contributed by atoms with van der Waals surface area (Å²) >= 11 is 1.72. The molecule has 0 amide bonds. The Morgan fingerprint density at radius 2 is 2.39 bits per heavy atom. The molecule has 0 aliphatic carbocycles. The highest BCUT2D eigenvalue weighted by Crippen LogP contribution is 2.34. The van der Waals surface area contributed by atoms with Gasteiger partial charge in [0.2, 0.25) is 0 Å². The molecule has 1 aromatic heterocycles. The summed E-state index contributed by atoms with van der Waals surface area (Å²) in [6.07, 6.45) is 2.13. The predicted octanol–water partition coefficient (Wildman–Crippen LogP) is 3.07. The van der Waals surface area contributed by atoms with E-state index in [9.17, 15) is 9.90 Å². The van der Waals surface area contributed by atoms with Crippen LogP contribution in [0.15, 0.2) is 16.8 Å². The number of aliphatic carboxylic acids is 1. The van der Waals surface area contributed by atoms with E-state index >= 15 is 0 Å². The van der Waals surface area contributed by atoms with Gasteiger partial charge in [-0.2, -0.15) is 11.3 Å². The number of piperidine rings is 1. The fourth-order valence-electron chi connectivity index (χ4n) is 2.60. The largest absolute Gasteiger partial charge is 0.481 e. The summed E-state index contributed by atoms with van der Waals surface area (Å²) in [7, 11) is 0. The van der Waals surface area contributed by atoms with Gasteiger partial charge in [0, 0.05) is 13.1 Å². The lowest BCUT2D eigenvalue weighted by Gasteiger charge is -2.39. The summed E-state index contributed by atoms with van der Waals surface area (Å²) in [4.78, 5) is 13.7. The van der Waals surface area contributed by atoms with Crippen LogP contribution in [0.25, 0.3) is 0 Å². The minimum Gasteiger partial charge on any atom is -0.481 e. The zero-order valence-corrected chi connectivity index (χ0v) is 11.9. The highest BCUT2D eigenvalue weighted by atomic mass is 32.1. The summed E-state index contributed by atoms with van der Waals surface area (Å²) < 4.78 is 0. The first-order valence-corrected chi connectivity index (χ1v) is 7.41. The number of carboxylic acids is 1. The van der Waals surface area contributed by atoms with Crippen molar-refractivity contribution in [2.75, 3.05) is 13.1 Å². The van der Waals surface area contributed by atoms with Gasteiger partial charge in [0.1, 0.15) is 0 Å². The summed E-state index contributed by atoms with van der Waals surface area (Å²) in [5.41, 5.74) is 0.724. The molecule has 100 valence electrons. The van der Waals surface area contributed by atoms with Gasteiger partial charge >= 0.3 is 5.97 Å². The third-order valence-electron chi connectivity index (χ3n) is 4.06.